The lowest BCUT2D eigenvalue weighted by Crippen LogP contribution is -2.44. The third-order valence-electron chi connectivity index (χ3n) is 5.83. The lowest BCUT2D eigenvalue weighted by Gasteiger charge is -2.27. The van der Waals surface area contributed by atoms with E-state index in [1.54, 1.807) is 6.07 Å². The number of alkyl halides is 3. The molecule has 0 bridgehead atoms. The van der Waals surface area contributed by atoms with E-state index < -0.39 is 60.4 Å². The first-order valence-corrected chi connectivity index (χ1v) is 9.79. The summed E-state index contributed by atoms with van der Waals surface area (Å²) in [5.74, 6) is -4.44. The van der Waals surface area contributed by atoms with Crippen LogP contribution in [-0.2, 0) is 16.9 Å². The molecule has 172 valence electrons. The maximum Gasteiger partial charge on any atom is 0.416 e. The maximum absolute atomic E-state index is 14.5. The fraction of sp³-hybridized carbons (Fsp3) is 0.450. The summed E-state index contributed by atoms with van der Waals surface area (Å²) in [6.07, 6.45) is -3.89. The second-order valence-electron chi connectivity index (χ2n) is 7.88. The highest BCUT2D eigenvalue weighted by Crippen LogP contribution is 2.48. The van der Waals surface area contributed by atoms with Crippen LogP contribution in [0.2, 0.25) is 0 Å². The van der Waals surface area contributed by atoms with Crippen molar-refractivity contribution in [2.24, 2.45) is 5.92 Å². The highest BCUT2D eigenvalue weighted by atomic mass is 19.4. The van der Waals surface area contributed by atoms with E-state index in [0.717, 1.165) is 13.1 Å². The second kappa shape index (κ2) is 7.84. The molecule has 2 atom stereocenters. The number of hydrogen-bond acceptors (Lipinski definition) is 6. The van der Waals surface area contributed by atoms with Gasteiger partial charge in [0.15, 0.2) is 11.6 Å². The van der Waals surface area contributed by atoms with Gasteiger partial charge < -0.3 is 15.2 Å². The summed E-state index contributed by atoms with van der Waals surface area (Å²) in [5, 5.41) is 12.1. The van der Waals surface area contributed by atoms with Crippen LogP contribution in [-0.4, -0.2) is 40.0 Å². The van der Waals surface area contributed by atoms with Crippen LogP contribution in [0.1, 0.15) is 30.9 Å². The van der Waals surface area contributed by atoms with Crippen LogP contribution < -0.4 is 10.2 Å². The molecule has 0 spiro atoms. The number of ether oxygens (including phenoxy) is 1. The Morgan fingerprint density at radius 2 is 2.03 bits per heavy atom. The summed E-state index contributed by atoms with van der Waals surface area (Å²) in [6, 6.07) is 2.83. The van der Waals surface area contributed by atoms with Crippen molar-refractivity contribution in [3.63, 3.8) is 0 Å². The predicted molar refractivity (Wildman–Crippen MR) is 102 cm³/mol. The minimum atomic E-state index is -4.63. The summed E-state index contributed by atoms with van der Waals surface area (Å²) in [6.45, 7) is -0.145. The molecule has 1 aliphatic heterocycles. The third kappa shape index (κ3) is 3.94. The second-order valence-corrected chi connectivity index (χ2v) is 7.88. The lowest BCUT2D eigenvalue weighted by molar-refractivity contribution is -0.174. The summed E-state index contributed by atoms with van der Waals surface area (Å²) in [5.41, 5.74) is -0.0817. The number of nitrogens with zero attached hydrogens (tertiary/aromatic N) is 3. The third-order valence-corrected chi connectivity index (χ3v) is 5.83. The lowest BCUT2D eigenvalue weighted by atomic mass is 10.0. The van der Waals surface area contributed by atoms with Crippen molar-refractivity contribution < 1.29 is 36.6 Å². The minimum Gasteiger partial charge on any atom is -0.447 e. The van der Waals surface area contributed by atoms with Crippen LogP contribution >= 0.6 is 0 Å². The van der Waals surface area contributed by atoms with Crippen LogP contribution in [0.15, 0.2) is 24.4 Å². The molecular formula is C20H19F5N4O3. The van der Waals surface area contributed by atoms with Gasteiger partial charge in [0.1, 0.15) is 12.4 Å². The fourth-order valence-electron chi connectivity index (χ4n) is 3.65. The SMILES string of the molecule is CC(C1COC(=O)N1c1nc(NC2(c3ccc(CO)c(F)c3)CC2)ncc1F)C(F)(F)F. The van der Waals surface area contributed by atoms with E-state index >= 15 is 0 Å². The van der Waals surface area contributed by atoms with Crippen molar-refractivity contribution in [2.45, 2.75) is 44.1 Å². The molecule has 1 saturated heterocycles. The first-order valence-electron chi connectivity index (χ1n) is 9.79. The van der Waals surface area contributed by atoms with E-state index in [9.17, 15) is 26.7 Å². The summed E-state index contributed by atoms with van der Waals surface area (Å²) in [7, 11) is 0. The minimum absolute atomic E-state index is 0.127. The monoisotopic (exact) mass is 458 g/mol. The zero-order valence-electron chi connectivity index (χ0n) is 16.8. The quantitative estimate of drug-likeness (QED) is 0.639. The molecule has 2 aliphatic rings. The van der Waals surface area contributed by atoms with Gasteiger partial charge in [-0.3, -0.25) is 4.90 Å². The Labute approximate surface area is 179 Å². The molecule has 1 amide bonds. The number of aromatic nitrogens is 2. The van der Waals surface area contributed by atoms with Crippen molar-refractivity contribution in [3.05, 3.63) is 47.2 Å². The van der Waals surface area contributed by atoms with Gasteiger partial charge in [0.25, 0.3) is 0 Å². The predicted octanol–water partition coefficient (Wildman–Crippen LogP) is 3.87. The van der Waals surface area contributed by atoms with Gasteiger partial charge >= 0.3 is 12.3 Å². The van der Waals surface area contributed by atoms with Crippen molar-refractivity contribution in [3.8, 4) is 0 Å². The average Bonchev–Trinajstić information content (AvgIpc) is 3.42. The van der Waals surface area contributed by atoms with Gasteiger partial charge in [-0.25, -0.2) is 18.6 Å². The van der Waals surface area contributed by atoms with Crippen molar-refractivity contribution >= 4 is 17.9 Å². The molecule has 7 nitrogen and oxygen atoms in total. The Kier molecular flexibility index (Phi) is 5.43. The summed E-state index contributed by atoms with van der Waals surface area (Å²) < 4.78 is 73.0. The molecule has 4 rings (SSSR count). The highest BCUT2D eigenvalue weighted by molar-refractivity contribution is 5.89. The number of cyclic esters (lactones) is 1. The molecule has 2 aromatic rings. The molecular weight excluding hydrogens is 439 g/mol. The number of aliphatic hydroxyl groups excluding tert-OH is 1. The largest absolute Gasteiger partial charge is 0.447 e. The van der Waals surface area contributed by atoms with E-state index in [4.69, 9.17) is 9.84 Å². The van der Waals surface area contributed by atoms with Gasteiger partial charge in [-0.15, -0.1) is 0 Å². The standard InChI is InChI=1S/C20H19F5N4O3/c1-10(20(23,24)25)15-9-32-18(31)29(15)16-14(22)7-26-17(27-16)28-19(4-5-19)12-3-2-11(8-30)13(21)6-12/h2-3,6-7,10,15,30H,4-5,8-9H2,1H3,(H,26,27,28). The zero-order chi connectivity index (χ0) is 23.3. The van der Waals surface area contributed by atoms with Gasteiger partial charge in [-0.05, 0) is 24.5 Å². The van der Waals surface area contributed by atoms with Crippen molar-refractivity contribution in [2.75, 3.05) is 16.8 Å². The molecule has 32 heavy (non-hydrogen) atoms. The normalized spacial score (nSPS) is 20.8. The molecule has 1 aromatic carbocycles. The van der Waals surface area contributed by atoms with E-state index in [2.05, 4.69) is 15.3 Å². The van der Waals surface area contributed by atoms with E-state index in [1.807, 2.05) is 0 Å². The van der Waals surface area contributed by atoms with E-state index in [-0.39, 0.29) is 11.5 Å². The van der Waals surface area contributed by atoms with Gasteiger partial charge in [0.05, 0.1) is 30.3 Å². The zero-order valence-corrected chi connectivity index (χ0v) is 16.8. The maximum atomic E-state index is 14.5. The number of carbonyl (C=O) groups is 1. The molecule has 2 unspecified atom stereocenters. The Morgan fingerprint density at radius 3 is 2.62 bits per heavy atom. The molecule has 0 radical (unpaired) electrons. The van der Waals surface area contributed by atoms with Crippen molar-refractivity contribution in [1.29, 1.82) is 0 Å². The molecule has 2 fully saturated rings. The average molecular weight is 458 g/mol. The number of anilines is 2. The Bertz CT molecular complexity index is 1040. The fourth-order valence-corrected chi connectivity index (χ4v) is 3.65. The number of carbonyl (C=O) groups excluding carboxylic acids is 1. The molecule has 1 aliphatic carbocycles. The number of nitrogens with one attached hydrogen (secondary N) is 1. The Morgan fingerprint density at radius 1 is 1.31 bits per heavy atom. The number of halogens is 5. The smallest absolute Gasteiger partial charge is 0.416 e. The molecule has 2 heterocycles. The summed E-state index contributed by atoms with van der Waals surface area (Å²) in [4.78, 5) is 20.5. The van der Waals surface area contributed by atoms with E-state index in [1.165, 1.54) is 12.1 Å². The Hall–Kier alpha value is -3.02. The number of aliphatic hydroxyl groups is 1. The van der Waals surface area contributed by atoms with Gasteiger partial charge in [-0.1, -0.05) is 19.1 Å². The van der Waals surface area contributed by atoms with Gasteiger partial charge in [0, 0.05) is 5.56 Å². The molecule has 1 saturated carbocycles. The van der Waals surface area contributed by atoms with Crippen LogP contribution in [0, 0.1) is 17.6 Å². The number of hydrogen-bond donors (Lipinski definition) is 2. The van der Waals surface area contributed by atoms with E-state index in [0.29, 0.717) is 23.3 Å². The van der Waals surface area contributed by atoms with Gasteiger partial charge in [-0.2, -0.15) is 18.2 Å². The van der Waals surface area contributed by atoms with Crippen LogP contribution in [0.4, 0.5) is 38.5 Å². The van der Waals surface area contributed by atoms with Crippen LogP contribution in [0.5, 0.6) is 0 Å². The van der Waals surface area contributed by atoms with Crippen LogP contribution in [0.25, 0.3) is 0 Å². The highest BCUT2D eigenvalue weighted by Gasteiger charge is 2.50. The van der Waals surface area contributed by atoms with Crippen LogP contribution in [0.3, 0.4) is 0 Å². The number of rotatable bonds is 6. The topological polar surface area (TPSA) is 87.6 Å². The molecule has 1 aromatic heterocycles. The number of benzene rings is 1. The number of amides is 1. The van der Waals surface area contributed by atoms with Gasteiger partial charge in [0.2, 0.25) is 5.95 Å². The summed E-state index contributed by atoms with van der Waals surface area (Å²) >= 11 is 0. The first kappa shape index (κ1) is 22.2. The first-order chi connectivity index (χ1) is 15.1. The Balaban J connectivity index is 1.63. The van der Waals surface area contributed by atoms with Crippen molar-refractivity contribution in [1.82, 2.24) is 9.97 Å². The molecule has 2 N–H and O–H groups in total. The molecule has 12 heteroatoms.